The average Bonchev–Trinajstić information content (AvgIpc) is 3.72. The molecule has 0 unspecified atom stereocenters. The van der Waals surface area contributed by atoms with Gasteiger partial charge >= 0.3 is 0 Å². The second-order valence-electron chi connectivity index (χ2n) is 9.20. The van der Waals surface area contributed by atoms with Crippen LogP contribution in [-0.4, -0.2) is 35.1 Å². The molecule has 0 bridgehead atoms. The third kappa shape index (κ3) is 4.40. The van der Waals surface area contributed by atoms with Crippen LogP contribution in [0.4, 0.5) is 8.78 Å². The normalized spacial score (nSPS) is 11.6. The van der Waals surface area contributed by atoms with Crippen molar-refractivity contribution >= 4 is 33.4 Å². The van der Waals surface area contributed by atoms with Crippen molar-refractivity contribution in [3.63, 3.8) is 0 Å². The van der Waals surface area contributed by atoms with Crippen molar-refractivity contribution in [2.75, 3.05) is 0 Å². The zero-order valence-electron chi connectivity index (χ0n) is 20.8. The molecule has 40 heavy (non-hydrogen) atoms. The van der Waals surface area contributed by atoms with Crippen molar-refractivity contribution in [2.24, 2.45) is 0 Å². The highest BCUT2D eigenvalue weighted by atomic mass is 32.1. The maximum Gasteiger partial charge on any atom is 0.178 e. The number of H-pyrrole nitrogens is 2. The minimum atomic E-state index is -0.536. The molecule has 11 heteroatoms. The molecule has 0 spiro atoms. The molecule has 0 saturated heterocycles. The van der Waals surface area contributed by atoms with Gasteiger partial charge in [0.15, 0.2) is 22.4 Å². The standard InChI is InChI=1S/C29H20F2N8S/c30-22-7-6-21(40-22)19-8-9-34-28-26(19)36-29(37-28)27-23-20(38-39-27)15-35-25(24(23)31)18-10-17(13-33-14-18)12-32-11-16-4-2-1-3-5-16/h1-10,13-15,32H,11-12H2,(H,38,39)(H,34,36,37). The molecule has 0 aliphatic rings. The Balaban J connectivity index is 1.23. The maximum atomic E-state index is 16.1. The van der Waals surface area contributed by atoms with Crippen LogP contribution in [0.15, 0.2) is 79.4 Å². The van der Waals surface area contributed by atoms with E-state index in [9.17, 15) is 4.39 Å². The number of hydrogen-bond acceptors (Lipinski definition) is 7. The third-order valence-corrected chi connectivity index (χ3v) is 7.48. The fourth-order valence-corrected chi connectivity index (χ4v) is 5.46. The van der Waals surface area contributed by atoms with E-state index in [-0.39, 0.29) is 16.2 Å². The lowest BCUT2D eigenvalue weighted by Gasteiger charge is -2.08. The van der Waals surface area contributed by atoms with Crippen LogP contribution < -0.4 is 5.32 Å². The predicted molar refractivity (Wildman–Crippen MR) is 150 cm³/mol. The summed E-state index contributed by atoms with van der Waals surface area (Å²) >= 11 is 1.03. The number of halogens is 2. The van der Waals surface area contributed by atoms with Crippen LogP contribution in [0.5, 0.6) is 0 Å². The molecule has 0 aliphatic heterocycles. The van der Waals surface area contributed by atoms with E-state index in [4.69, 9.17) is 0 Å². The predicted octanol–water partition coefficient (Wildman–Crippen LogP) is 6.25. The van der Waals surface area contributed by atoms with E-state index in [1.165, 1.54) is 11.6 Å². The Morgan fingerprint density at radius 1 is 0.875 bits per heavy atom. The average molecular weight is 551 g/mol. The summed E-state index contributed by atoms with van der Waals surface area (Å²) in [7, 11) is 0. The fraction of sp³-hybridized carbons (Fsp3) is 0.0690. The van der Waals surface area contributed by atoms with Crippen LogP contribution in [0.25, 0.3) is 55.3 Å². The first kappa shape index (κ1) is 24.2. The molecular weight excluding hydrogens is 530 g/mol. The molecule has 0 radical (unpaired) electrons. The topological polar surface area (TPSA) is 108 Å². The Bertz CT molecular complexity index is 1980. The highest BCUT2D eigenvalue weighted by molar-refractivity contribution is 7.14. The molecule has 6 heterocycles. The minimum absolute atomic E-state index is 0.163. The largest absolute Gasteiger partial charge is 0.335 e. The molecule has 1 aromatic carbocycles. The lowest BCUT2D eigenvalue weighted by atomic mass is 10.1. The zero-order valence-corrected chi connectivity index (χ0v) is 21.6. The number of nitrogens with zero attached hydrogens (tertiary/aromatic N) is 5. The molecular formula is C29H20F2N8S. The van der Waals surface area contributed by atoms with Crippen molar-refractivity contribution in [1.82, 2.24) is 40.4 Å². The lowest BCUT2D eigenvalue weighted by Crippen LogP contribution is -2.12. The van der Waals surface area contributed by atoms with Crippen LogP contribution in [0.3, 0.4) is 0 Å². The first-order valence-corrected chi connectivity index (χ1v) is 13.3. The van der Waals surface area contributed by atoms with Gasteiger partial charge in [-0.15, -0.1) is 11.3 Å². The summed E-state index contributed by atoms with van der Waals surface area (Å²) in [6, 6.07) is 16.9. The van der Waals surface area contributed by atoms with E-state index in [0.717, 1.165) is 27.3 Å². The van der Waals surface area contributed by atoms with Gasteiger partial charge in [0.25, 0.3) is 0 Å². The van der Waals surface area contributed by atoms with E-state index >= 15 is 4.39 Å². The molecule has 7 rings (SSSR count). The van der Waals surface area contributed by atoms with Crippen molar-refractivity contribution in [3.8, 4) is 33.2 Å². The minimum Gasteiger partial charge on any atom is -0.335 e. The number of thiophene rings is 1. The van der Waals surface area contributed by atoms with Crippen molar-refractivity contribution in [1.29, 1.82) is 0 Å². The molecule has 7 aromatic rings. The zero-order chi connectivity index (χ0) is 27.1. The van der Waals surface area contributed by atoms with E-state index in [1.54, 1.807) is 36.9 Å². The van der Waals surface area contributed by atoms with Crippen LogP contribution in [-0.2, 0) is 13.1 Å². The summed E-state index contributed by atoms with van der Waals surface area (Å²) in [4.78, 5) is 21.5. The molecule has 8 nitrogen and oxygen atoms in total. The molecule has 0 amide bonds. The number of pyridine rings is 3. The van der Waals surface area contributed by atoms with Gasteiger partial charge in [0, 0.05) is 47.7 Å². The van der Waals surface area contributed by atoms with E-state index in [0.29, 0.717) is 46.9 Å². The Morgan fingerprint density at radius 3 is 2.60 bits per heavy atom. The summed E-state index contributed by atoms with van der Waals surface area (Å²) < 4.78 is 29.8. The Kier molecular flexibility index (Phi) is 6.06. The Hall–Kier alpha value is -4.87. The summed E-state index contributed by atoms with van der Waals surface area (Å²) in [5, 5.41) is 10.5. The van der Waals surface area contributed by atoms with Crippen LogP contribution >= 0.6 is 11.3 Å². The SMILES string of the molecule is Fc1ccc(-c2ccnc3nc(-c4n[nH]c5cnc(-c6cncc(CNCc7ccccc7)c6)c(F)c45)[nH]c23)s1. The van der Waals surface area contributed by atoms with Gasteiger partial charge in [0.05, 0.1) is 22.6 Å². The number of nitrogens with one attached hydrogen (secondary N) is 3. The van der Waals surface area contributed by atoms with Crippen LogP contribution in [0, 0.1) is 10.9 Å². The first-order chi connectivity index (χ1) is 19.6. The summed E-state index contributed by atoms with van der Waals surface area (Å²) in [6.45, 7) is 1.27. The number of imidazole rings is 1. The van der Waals surface area contributed by atoms with Crippen molar-refractivity contribution in [2.45, 2.75) is 13.1 Å². The van der Waals surface area contributed by atoms with Gasteiger partial charge in [-0.3, -0.25) is 15.1 Å². The number of rotatable bonds is 7. The van der Waals surface area contributed by atoms with Crippen molar-refractivity contribution < 1.29 is 8.78 Å². The maximum absolute atomic E-state index is 16.1. The van der Waals surface area contributed by atoms with Gasteiger partial charge in [0.2, 0.25) is 0 Å². The van der Waals surface area contributed by atoms with Gasteiger partial charge in [-0.1, -0.05) is 30.3 Å². The number of aromatic nitrogens is 7. The molecule has 196 valence electrons. The second kappa shape index (κ2) is 10.0. The highest BCUT2D eigenvalue weighted by Gasteiger charge is 2.22. The molecule has 6 aromatic heterocycles. The van der Waals surface area contributed by atoms with Gasteiger partial charge < -0.3 is 10.3 Å². The van der Waals surface area contributed by atoms with Gasteiger partial charge in [-0.2, -0.15) is 9.49 Å². The van der Waals surface area contributed by atoms with Gasteiger partial charge in [-0.05, 0) is 35.4 Å². The van der Waals surface area contributed by atoms with Gasteiger partial charge in [0.1, 0.15) is 11.4 Å². The summed E-state index contributed by atoms with van der Waals surface area (Å²) in [6.07, 6.45) is 6.50. The van der Waals surface area contributed by atoms with Crippen LogP contribution in [0.2, 0.25) is 0 Å². The quantitative estimate of drug-likeness (QED) is 0.216. The van der Waals surface area contributed by atoms with Crippen LogP contribution in [0.1, 0.15) is 11.1 Å². The monoisotopic (exact) mass is 550 g/mol. The first-order valence-electron chi connectivity index (χ1n) is 12.5. The molecule has 0 saturated carbocycles. The Labute approximate surface area is 230 Å². The molecule has 3 N–H and O–H groups in total. The lowest BCUT2D eigenvalue weighted by molar-refractivity contribution is 0.638. The molecule has 0 atom stereocenters. The van der Waals surface area contributed by atoms with E-state index in [1.807, 2.05) is 24.3 Å². The van der Waals surface area contributed by atoms with Crippen molar-refractivity contribution in [3.05, 3.63) is 101 Å². The number of fused-ring (bicyclic) bond motifs is 2. The molecule has 0 fully saturated rings. The number of benzene rings is 1. The van der Waals surface area contributed by atoms with E-state index in [2.05, 4.69) is 52.6 Å². The summed E-state index contributed by atoms with van der Waals surface area (Å²) in [5.41, 5.74) is 5.32. The summed E-state index contributed by atoms with van der Waals surface area (Å²) in [5.74, 6) is -0.197. The Morgan fingerprint density at radius 2 is 1.75 bits per heavy atom. The van der Waals surface area contributed by atoms with E-state index < -0.39 is 5.82 Å². The van der Waals surface area contributed by atoms with Gasteiger partial charge in [-0.25, -0.2) is 14.4 Å². The number of hydrogen-bond donors (Lipinski definition) is 3. The second-order valence-corrected chi connectivity index (χ2v) is 10.2. The highest BCUT2D eigenvalue weighted by Crippen LogP contribution is 2.35. The number of aromatic amines is 2. The third-order valence-electron chi connectivity index (χ3n) is 6.57. The molecule has 0 aliphatic carbocycles. The smallest absolute Gasteiger partial charge is 0.178 e. The fourth-order valence-electron chi connectivity index (χ4n) is 4.70.